The third-order valence-corrected chi connectivity index (χ3v) is 11.5. The van der Waals surface area contributed by atoms with Gasteiger partial charge in [0.2, 0.25) is 0 Å². The number of amides is 1. The molecule has 0 atom stereocenters. The second-order valence-corrected chi connectivity index (χ2v) is 15.4. The van der Waals surface area contributed by atoms with Gasteiger partial charge in [0.05, 0.1) is 37.7 Å². The van der Waals surface area contributed by atoms with E-state index in [1.807, 2.05) is 6.20 Å². The van der Waals surface area contributed by atoms with Crippen molar-refractivity contribution in [3.63, 3.8) is 0 Å². The summed E-state index contributed by atoms with van der Waals surface area (Å²) >= 11 is 0. The van der Waals surface area contributed by atoms with Gasteiger partial charge < -0.3 is 18.3 Å². The highest BCUT2D eigenvalue weighted by molar-refractivity contribution is 6.74. The van der Waals surface area contributed by atoms with Crippen LogP contribution in [-0.2, 0) is 20.5 Å². The molecule has 0 N–H and O–H groups in total. The first kappa shape index (κ1) is 20.0. The molecule has 3 aliphatic rings. The van der Waals surface area contributed by atoms with Gasteiger partial charge in [-0.25, -0.2) is 9.78 Å². The van der Waals surface area contributed by atoms with E-state index >= 15 is 0 Å². The maximum Gasteiger partial charge on any atom is 0.415 e. The van der Waals surface area contributed by atoms with Crippen molar-refractivity contribution in [3.8, 4) is 0 Å². The lowest BCUT2D eigenvalue weighted by Crippen LogP contribution is -2.52. The lowest BCUT2D eigenvalue weighted by Gasteiger charge is -2.35. The van der Waals surface area contributed by atoms with Gasteiger partial charge in [0.15, 0.2) is 19.6 Å². The standard InChI is InChI=1S/C22H31N3O4Si/c1-21(2,3)30(4,5)28-11-17-10-24-9-16(15-6-7-15)8-18(19(24)23-17)25-12-22(13-27-14-22)29-20(25)26/h8-10,15H,6-7,11-14H2,1-5H3. The summed E-state index contributed by atoms with van der Waals surface area (Å²) in [5.41, 5.74) is 3.26. The van der Waals surface area contributed by atoms with Crippen molar-refractivity contribution in [1.82, 2.24) is 9.38 Å². The number of carbonyl (C=O) groups excluding carboxylic acids is 1. The molecule has 2 aliphatic heterocycles. The number of hydrogen-bond donors (Lipinski definition) is 0. The number of imidazole rings is 1. The molecule has 3 fully saturated rings. The predicted octanol–water partition coefficient (Wildman–Crippen LogP) is 4.46. The Labute approximate surface area is 178 Å². The van der Waals surface area contributed by atoms with E-state index in [-0.39, 0.29) is 11.1 Å². The van der Waals surface area contributed by atoms with E-state index in [9.17, 15) is 4.79 Å². The molecule has 0 aromatic carbocycles. The van der Waals surface area contributed by atoms with E-state index in [4.69, 9.17) is 18.9 Å². The molecule has 4 heterocycles. The summed E-state index contributed by atoms with van der Waals surface area (Å²) in [6, 6.07) is 2.12. The molecular weight excluding hydrogens is 398 g/mol. The van der Waals surface area contributed by atoms with E-state index in [0.717, 1.165) is 17.0 Å². The van der Waals surface area contributed by atoms with Crippen LogP contribution in [0.15, 0.2) is 18.5 Å². The number of rotatable bonds is 5. The molecule has 0 bridgehead atoms. The van der Waals surface area contributed by atoms with Crippen molar-refractivity contribution in [1.29, 1.82) is 0 Å². The average Bonchev–Trinajstić information content (AvgIpc) is 3.30. The van der Waals surface area contributed by atoms with Crippen LogP contribution in [0.5, 0.6) is 0 Å². The highest BCUT2D eigenvalue weighted by Gasteiger charge is 2.52. The molecular formula is C22H31N3O4Si. The fourth-order valence-electron chi connectivity index (χ4n) is 3.82. The Kier molecular flexibility index (Phi) is 4.37. The highest BCUT2D eigenvalue weighted by Crippen LogP contribution is 2.43. The largest absolute Gasteiger partial charge is 0.436 e. The van der Waals surface area contributed by atoms with Crippen molar-refractivity contribution in [2.45, 2.75) is 69.9 Å². The summed E-state index contributed by atoms with van der Waals surface area (Å²) in [5, 5.41) is 0.148. The third-order valence-electron chi connectivity index (χ3n) is 7.03. The number of nitrogens with zero attached hydrogens (tertiary/aromatic N) is 3. The van der Waals surface area contributed by atoms with Crippen molar-refractivity contribution >= 4 is 25.7 Å². The summed E-state index contributed by atoms with van der Waals surface area (Å²) in [4.78, 5) is 19.3. The Bertz CT molecular complexity index is 1000. The fourth-order valence-corrected chi connectivity index (χ4v) is 4.76. The van der Waals surface area contributed by atoms with Gasteiger partial charge in [0.25, 0.3) is 0 Å². The van der Waals surface area contributed by atoms with E-state index in [0.29, 0.717) is 32.3 Å². The van der Waals surface area contributed by atoms with Gasteiger partial charge in [-0.1, -0.05) is 20.8 Å². The Balaban J connectivity index is 1.48. The topological polar surface area (TPSA) is 65.3 Å². The van der Waals surface area contributed by atoms with E-state index in [1.165, 1.54) is 18.4 Å². The molecule has 0 radical (unpaired) electrons. The number of carbonyl (C=O) groups is 1. The number of pyridine rings is 1. The highest BCUT2D eigenvalue weighted by atomic mass is 28.4. The van der Waals surface area contributed by atoms with Crippen LogP contribution >= 0.6 is 0 Å². The lowest BCUT2D eigenvalue weighted by atomic mass is 10.0. The Hall–Kier alpha value is -1.90. The minimum atomic E-state index is -1.87. The van der Waals surface area contributed by atoms with Crippen LogP contribution < -0.4 is 4.90 Å². The monoisotopic (exact) mass is 429 g/mol. The molecule has 7 nitrogen and oxygen atoms in total. The van der Waals surface area contributed by atoms with Crippen molar-refractivity contribution < 1.29 is 18.7 Å². The molecule has 30 heavy (non-hydrogen) atoms. The second kappa shape index (κ2) is 6.55. The van der Waals surface area contributed by atoms with E-state index in [1.54, 1.807) is 4.90 Å². The molecule has 162 valence electrons. The zero-order valence-electron chi connectivity index (χ0n) is 18.5. The maximum atomic E-state index is 12.7. The fraction of sp³-hybridized carbons (Fsp3) is 0.636. The molecule has 2 saturated heterocycles. The summed E-state index contributed by atoms with van der Waals surface area (Å²) in [6.45, 7) is 13.1. The van der Waals surface area contributed by atoms with Gasteiger partial charge in [0, 0.05) is 12.4 Å². The lowest BCUT2D eigenvalue weighted by molar-refractivity contribution is -0.155. The number of fused-ring (bicyclic) bond motifs is 1. The molecule has 2 aromatic heterocycles. The first-order chi connectivity index (χ1) is 14.1. The predicted molar refractivity (Wildman–Crippen MR) is 117 cm³/mol. The third kappa shape index (κ3) is 3.35. The first-order valence-electron chi connectivity index (χ1n) is 10.8. The normalized spacial score (nSPS) is 21.4. The number of anilines is 1. The molecule has 1 aliphatic carbocycles. The SMILES string of the molecule is CC(C)(C)[Si](C)(C)OCc1cn2cc(C3CC3)cc(N3CC4(COC4)OC3=O)c2n1. The summed E-state index contributed by atoms with van der Waals surface area (Å²) < 4.78 is 19.4. The summed E-state index contributed by atoms with van der Waals surface area (Å²) in [6.07, 6.45) is 6.28. The summed E-state index contributed by atoms with van der Waals surface area (Å²) in [7, 11) is -1.87. The maximum absolute atomic E-state index is 12.7. The average molecular weight is 430 g/mol. The Morgan fingerprint density at radius 3 is 2.57 bits per heavy atom. The van der Waals surface area contributed by atoms with Gasteiger partial charge in [-0.2, -0.15) is 0 Å². The van der Waals surface area contributed by atoms with Crippen LogP contribution in [0.1, 0.15) is 50.8 Å². The molecule has 8 heteroatoms. The van der Waals surface area contributed by atoms with Gasteiger partial charge in [0.1, 0.15) is 0 Å². The van der Waals surface area contributed by atoms with Crippen LogP contribution in [0, 0.1) is 0 Å². The number of aromatic nitrogens is 2. The zero-order chi connectivity index (χ0) is 21.3. The van der Waals surface area contributed by atoms with E-state index in [2.05, 4.69) is 50.5 Å². The Morgan fingerprint density at radius 2 is 2.00 bits per heavy atom. The second-order valence-electron chi connectivity index (χ2n) is 10.6. The van der Waals surface area contributed by atoms with Crippen LogP contribution in [0.4, 0.5) is 10.5 Å². The van der Waals surface area contributed by atoms with Gasteiger partial charge in [-0.15, -0.1) is 0 Å². The van der Waals surface area contributed by atoms with Crippen LogP contribution in [0.3, 0.4) is 0 Å². The smallest absolute Gasteiger partial charge is 0.415 e. The number of ether oxygens (including phenoxy) is 2. The van der Waals surface area contributed by atoms with Gasteiger partial charge in [-0.3, -0.25) is 4.90 Å². The minimum Gasteiger partial charge on any atom is -0.436 e. The van der Waals surface area contributed by atoms with Gasteiger partial charge in [-0.05, 0) is 48.5 Å². The minimum absolute atomic E-state index is 0.148. The molecule has 1 amide bonds. The van der Waals surface area contributed by atoms with Crippen molar-refractivity contribution in [3.05, 3.63) is 29.7 Å². The molecule has 0 unspecified atom stereocenters. The Morgan fingerprint density at radius 1 is 1.27 bits per heavy atom. The molecule has 2 aromatic rings. The van der Waals surface area contributed by atoms with Crippen LogP contribution in [0.2, 0.25) is 18.1 Å². The quantitative estimate of drug-likeness (QED) is 0.657. The van der Waals surface area contributed by atoms with Crippen molar-refractivity contribution in [2.75, 3.05) is 24.7 Å². The van der Waals surface area contributed by atoms with Crippen molar-refractivity contribution in [2.24, 2.45) is 0 Å². The summed E-state index contributed by atoms with van der Waals surface area (Å²) in [5.74, 6) is 0.571. The van der Waals surface area contributed by atoms with Gasteiger partial charge >= 0.3 is 6.09 Å². The molecule has 5 rings (SSSR count). The first-order valence-corrected chi connectivity index (χ1v) is 13.7. The molecule has 1 saturated carbocycles. The van der Waals surface area contributed by atoms with Crippen LogP contribution in [-0.4, -0.2) is 49.2 Å². The van der Waals surface area contributed by atoms with Crippen LogP contribution in [0.25, 0.3) is 5.65 Å². The zero-order valence-corrected chi connectivity index (χ0v) is 19.5. The van der Waals surface area contributed by atoms with E-state index < -0.39 is 13.9 Å². The molecule has 1 spiro atoms. The number of hydrogen-bond acceptors (Lipinski definition) is 5.